The number of aromatic nitrogens is 2. The molecule has 0 radical (unpaired) electrons. The van der Waals surface area contributed by atoms with E-state index in [0.717, 1.165) is 5.69 Å². The Morgan fingerprint density at radius 1 is 1.67 bits per heavy atom. The van der Waals surface area contributed by atoms with Crippen molar-refractivity contribution in [2.45, 2.75) is 12.6 Å². The van der Waals surface area contributed by atoms with Crippen molar-refractivity contribution in [1.82, 2.24) is 15.5 Å². The number of nitrogens with zero attached hydrogens (tertiary/aromatic N) is 1. The SMILES string of the molecule is O=C(NCc1ccn[nH]1)C1COCCO1. The number of hydrogen-bond acceptors (Lipinski definition) is 4. The fourth-order valence-corrected chi connectivity index (χ4v) is 1.32. The Morgan fingerprint density at radius 2 is 2.60 bits per heavy atom. The normalized spacial score (nSPS) is 21.2. The summed E-state index contributed by atoms with van der Waals surface area (Å²) >= 11 is 0. The standard InChI is InChI=1S/C9H13N3O3/c13-9(8-6-14-3-4-15-8)10-5-7-1-2-11-12-7/h1-2,8H,3-6H2,(H,10,13)(H,11,12). The third-order valence-corrected chi connectivity index (χ3v) is 2.12. The molecule has 1 aromatic rings. The molecule has 15 heavy (non-hydrogen) atoms. The van der Waals surface area contributed by atoms with Crippen LogP contribution in [0.2, 0.25) is 0 Å². The van der Waals surface area contributed by atoms with Gasteiger partial charge in [-0.15, -0.1) is 0 Å². The Kier molecular flexibility index (Phi) is 3.31. The molecule has 1 saturated heterocycles. The van der Waals surface area contributed by atoms with Gasteiger partial charge >= 0.3 is 0 Å². The van der Waals surface area contributed by atoms with Gasteiger partial charge in [0.15, 0.2) is 6.10 Å². The van der Waals surface area contributed by atoms with Gasteiger partial charge in [0.25, 0.3) is 5.91 Å². The van der Waals surface area contributed by atoms with E-state index < -0.39 is 6.10 Å². The van der Waals surface area contributed by atoms with E-state index in [4.69, 9.17) is 9.47 Å². The van der Waals surface area contributed by atoms with Crippen molar-refractivity contribution in [1.29, 1.82) is 0 Å². The summed E-state index contributed by atoms with van der Waals surface area (Å²) in [7, 11) is 0. The van der Waals surface area contributed by atoms with Crippen molar-refractivity contribution in [3.05, 3.63) is 18.0 Å². The summed E-state index contributed by atoms with van der Waals surface area (Å²) in [5.74, 6) is -0.149. The van der Waals surface area contributed by atoms with Gasteiger partial charge < -0.3 is 14.8 Å². The molecule has 6 heteroatoms. The Labute approximate surface area is 87.0 Å². The summed E-state index contributed by atoms with van der Waals surface area (Å²) in [6.45, 7) is 1.79. The highest BCUT2D eigenvalue weighted by Gasteiger charge is 2.22. The predicted octanol–water partition coefficient (Wildman–Crippen LogP) is -0.559. The first-order valence-corrected chi connectivity index (χ1v) is 4.81. The van der Waals surface area contributed by atoms with Gasteiger partial charge in [-0.05, 0) is 6.07 Å². The van der Waals surface area contributed by atoms with Crippen LogP contribution >= 0.6 is 0 Å². The Hall–Kier alpha value is -1.40. The van der Waals surface area contributed by atoms with Crippen LogP contribution in [0, 0.1) is 0 Å². The van der Waals surface area contributed by atoms with Crippen molar-refractivity contribution in [2.24, 2.45) is 0 Å². The van der Waals surface area contributed by atoms with Gasteiger partial charge in [-0.1, -0.05) is 0 Å². The summed E-state index contributed by atoms with van der Waals surface area (Å²) in [4.78, 5) is 11.5. The molecular formula is C9H13N3O3. The summed E-state index contributed by atoms with van der Waals surface area (Å²) in [5.41, 5.74) is 0.861. The van der Waals surface area contributed by atoms with E-state index >= 15 is 0 Å². The van der Waals surface area contributed by atoms with Crippen molar-refractivity contribution >= 4 is 5.91 Å². The third kappa shape index (κ3) is 2.77. The molecule has 0 aliphatic carbocycles. The van der Waals surface area contributed by atoms with E-state index in [1.165, 1.54) is 0 Å². The lowest BCUT2D eigenvalue weighted by molar-refractivity contribution is -0.147. The molecule has 1 aliphatic rings. The number of hydrogen-bond donors (Lipinski definition) is 2. The molecule has 2 heterocycles. The van der Waals surface area contributed by atoms with Crippen LogP contribution in [-0.4, -0.2) is 42.0 Å². The van der Waals surface area contributed by atoms with E-state index in [2.05, 4.69) is 15.5 Å². The zero-order valence-corrected chi connectivity index (χ0v) is 8.23. The van der Waals surface area contributed by atoms with E-state index in [-0.39, 0.29) is 5.91 Å². The second-order valence-electron chi connectivity index (χ2n) is 3.23. The second kappa shape index (κ2) is 4.90. The molecule has 1 aliphatic heterocycles. The van der Waals surface area contributed by atoms with Crippen LogP contribution < -0.4 is 5.32 Å². The lowest BCUT2D eigenvalue weighted by Gasteiger charge is -2.21. The van der Waals surface area contributed by atoms with E-state index in [9.17, 15) is 4.79 Å². The predicted molar refractivity (Wildman–Crippen MR) is 51.0 cm³/mol. The van der Waals surface area contributed by atoms with E-state index in [0.29, 0.717) is 26.4 Å². The Balaban J connectivity index is 1.76. The average Bonchev–Trinajstić information content (AvgIpc) is 2.80. The molecule has 1 amide bonds. The smallest absolute Gasteiger partial charge is 0.251 e. The molecule has 0 aromatic carbocycles. The van der Waals surface area contributed by atoms with Gasteiger partial charge in [0.2, 0.25) is 0 Å². The average molecular weight is 211 g/mol. The highest BCUT2D eigenvalue weighted by Crippen LogP contribution is 2.01. The largest absolute Gasteiger partial charge is 0.376 e. The monoisotopic (exact) mass is 211 g/mol. The molecular weight excluding hydrogens is 198 g/mol. The summed E-state index contributed by atoms with van der Waals surface area (Å²) in [6, 6.07) is 1.80. The molecule has 2 rings (SSSR count). The number of carbonyl (C=O) groups is 1. The van der Waals surface area contributed by atoms with E-state index in [1.807, 2.05) is 0 Å². The molecule has 6 nitrogen and oxygen atoms in total. The summed E-state index contributed by atoms with van der Waals surface area (Å²) < 4.78 is 10.4. The number of aromatic amines is 1. The van der Waals surface area contributed by atoms with Crippen LogP contribution in [-0.2, 0) is 20.8 Å². The molecule has 2 N–H and O–H groups in total. The molecule has 1 atom stereocenters. The van der Waals surface area contributed by atoms with Crippen LogP contribution in [0.15, 0.2) is 12.3 Å². The summed E-state index contributed by atoms with van der Waals surface area (Å²) in [6.07, 6.45) is 1.16. The summed E-state index contributed by atoms with van der Waals surface area (Å²) in [5, 5.41) is 9.28. The zero-order valence-electron chi connectivity index (χ0n) is 8.23. The quantitative estimate of drug-likeness (QED) is 0.702. The molecule has 1 unspecified atom stereocenters. The highest BCUT2D eigenvalue weighted by molar-refractivity contribution is 5.80. The lowest BCUT2D eigenvalue weighted by atomic mass is 10.3. The van der Waals surface area contributed by atoms with Crippen molar-refractivity contribution in [2.75, 3.05) is 19.8 Å². The topological polar surface area (TPSA) is 76.2 Å². The molecule has 0 saturated carbocycles. The van der Waals surface area contributed by atoms with Gasteiger partial charge in [0, 0.05) is 6.20 Å². The van der Waals surface area contributed by atoms with Crippen molar-refractivity contribution in [3.8, 4) is 0 Å². The lowest BCUT2D eigenvalue weighted by Crippen LogP contribution is -2.42. The van der Waals surface area contributed by atoms with Gasteiger partial charge in [0.05, 0.1) is 32.1 Å². The molecule has 0 spiro atoms. The number of nitrogens with one attached hydrogen (secondary N) is 2. The highest BCUT2D eigenvalue weighted by atomic mass is 16.6. The molecule has 0 bridgehead atoms. The van der Waals surface area contributed by atoms with Crippen molar-refractivity contribution < 1.29 is 14.3 Å². The Bertz CT molecular complexity index is 306. The number of carbonyl (C=O) groups excluding carboxylic acids is 1. The van der Waals surface area contributed by atoms with Crippen molar-refractivity contribution in [3.63, 3.8) is 0 Å². The fraction of sp³-hybridized carbons (Fsp3) is 0.556. The van der Waals surface area contributed by atoms with Gasteiger partial charge in [0.1, 0.15) is 0 Å². The Morgan fingerprint density at radius 3 is 3.27 bits per heavy atom. The van der Waals surface area contributed by atoms with Crippen LogP contribution in [0.5, 0.6) is 0 Å². The molecule has 1 fully saturated rings. The van der Waals surface area contributed by atoms with Crippen LogP contribution in [0.1, 0.15) is 5.69 Å². The van der Waals surface area contributed by atoms with Crippen LogP contribution in [0.3, 0.4) is 0 Å². The minimum Gasteiger partial charge on any atom is -0.376 e. The van der Waals surface area contributed by atoms with Crippen LogP contribution in [0.4, 0.5) is 0 Å². The maximum Gasteiger partial charge on any atom is 0.251 e. The van der Waals surface area contributed by atoms with Gasteiger partial charge in [-0.3, -0.25) is 9.89 Å². The number of rotatable bonds is 3. The maximum atomic E-state index is 11.5. The first-order valence-electron chi connectivity index (χ1n) is 4.81. The minimum atomic E-state index is -0.485. The van der Waals surface area contributed by atoms with Gasteiger partial charge in [-0.25, -0.2) is 0 Å². The molecule has 1 aromatic heterocycles. The minimum absolute atomic E-state index is 0.149. The second-order valence-corrected chi connectivity index (χ2v) is 3.23. The zero-order chi connectivity index (χ0) is 10.5. The number of H-pyrrole nitrogens is 1. The number of amides is 1. The van der Waals surface area contributed by atoms with Crippen LogP contribution in [0.25, 0.3) is 0 Å². The first-order chi connectivity index (χ1) is 7.36. The van der Waals surface area contributed by atoms with Gasteiger partial charge in [-0.2, -0.15) is 5.10 Å². The van der Waals surface area contributed by atoms with E-state index in [1.54, 1.807) is 12.3 Å². The fourth-order valence-electron chi connectivity index (χ4n) is 1.32. The maximum absolute atomic E-state index is 11.5. The number of ether oxygens (including phenoxy) is 2. The first kappa shape index (κ1) is 10.1. The molecule has 82 valence electrons. The third-order valence-electron chi connectivity index (χ3n) is 2.12.